The zero-order valence-electron chi connectivity index (χ0n) is 13.2. The van der Waals surface area contributed by atoms with Gasteiger partial charge in [0.25, 0.3) is 5.91 Å². The van der Waals surface area contributed by atoms with Crippen molar-refractivity contribution < 1.29 is 9.59 Å². The molecule has 1 unspecified atom stereocenters. The maximum atomic E-state index is 12.1. The number of hydrogen-bond donors (Lipinski definition) is 3. The van der Waals surface area contributed by atoms with Gasteiger partial charge in [0.2, 0.25) is 5.91 Å². The number of rotatable bonds is 6. The minimum atomic E-state index is -0.0634. The normalized spacial score (nSPS) is 17.8. The number of carbonyl (C=O) groups is 2. The van der Waals surface area contributed by atoms with Gasteiger partial charge < -0.3 is 16.0 Å². The lowest BCUT2D eigenvalue weighted by Crippen LogP contribution is -2.40. The molecule has 0 bridgehead atoms. The second-order valence-electron chi connectivity index (χ2n) is 5.72. The van der Waals surface area contributed by atoms with E-state index >= 15 is 0 Å². The van der Waals surface area contributed by atoms with Crippen molar-refractivity contribution in [3.05, 3.63) is 35.4 Å². The highest BCUT2D eigenvalue weighted by Crippen LogP contribution is 2.11. The molecule has 1 fully saturated rings. The van der Waals surface area contributed by atoms with Crippen LogP contribution in [0.3, 0.4) is 0 Å². The zero-order chi connectivity index (χ0) is 15.8. The Bertz CT molecular complexity index is 510. The molecule has 5 heteroatoms. The predicted molar refractivity (Wildman–Crippen MR) is 86.5 cm³/mol. The summed E-state index contributed by atoms with van der Waals surface area (Å²) in [4.78, 5) is 24.0. The van der Waals surface area contributed by atoms with E-state index in [1.54, 1.807) is 6.07 Å². The van der Waals surface area contributed by atoms with Crippen molar-refractivity contribution in [3.8, 4) is 0 Å². The molecular weight excluding hydrogens is 278 g/mol. The van der Waals surface area contributed by atoms with Gasteiger partial charge in [-0.3, -0.25) is 9.59 Å². The van der Waals surface area contributed by atoms with Crippen LogP contribution in [0.5, 0.6) is 0 Å². The summed E-state index contributed by atoms with van der Waals surface area (Å²) in [6, 6.07) is 7.41. The highest BCUT2D eigenvalue weighted by Gasteiger charge is 2.20. The predicted octanol–water partition coefficient (Wildman–Crippen LogP) is 1.44. The van der Waals surface area contributed by atoms with Gasteiger partial charge in [-0.2, -0.15) is 0 Å². The minimum Gasteiger partial charge on any atom is -0.352 e. The molecule has 5 nitrogen and oxygen atoms in total. The maximum absolute atomic E-state index is 12.1. The molecule has 0 aromatic heterocycles. The molecule has 0 saturated carbocycles. The first kappa shape index (κ1) is 16.5. The van der Waals surface area contributed by atoms with E-state index in [-0.39, 0.29) is 17.7 Å². The summed E-state index contributed by atoms with van der Waals surface area (Å²) < 4.78 is 0. The van der Waals surface area contributed by atoms with Crippen LogP contribution in [0, 0.1) is 5.92 Å². The second kappa shape index (κ2) is 8.54. The number of amides is 2. The van der Waals surface area contributed by atoms with Crippen LogP contribution in [0.15, 0.2) is 24.3 Å². The monoisotopic (exact) mass is 303 g/mol. The molecule has 1 aliphatic heterocycles. The van der Waals surface area contributed by atoms with Gasteiger partial charge in [0.1, 0.15) is 0 Å². The molecule has 0 aliphatic carbocycles. The lowest BCUT2D eigenvalue weighted by atomic mass is 9.99. The van der Waals surface area contributed by atoms with Gasteiger partial charge in [0.05, 0.1) is 5.92 Å². The molecule has 22 heavy (non-hydrogen) atoms. The number of hydrogen-bond acceptors (Lipinski definition) is 3. The van der Waals surface area contributed by atoms with E-state index < -0.39 is 0 Å². The minimum absolute atomic E-state index is 0.0600. The standard InChI is InChI=1S/C17H25N3O2/c1-2-8-19-16(21)14-6-3-5-13(10-14)11-20-17(22)15-7-4-9-18-12-15/h3,5-6,10,15,18H,2,4,7-9,11-12H2,1H3,(H,19,21)(H,20,22). The van der Waals surface area contributed by atoms with Crippen molar-refractivity contribution in [1.82, 2.24) is 16.0 Å². The molecule has 2 rings (SSSR count). The van der Waals surface area contributed by atoms with Crippen molar-refractivity contribution in [2.24, 2.45) is 5.92 Å². The summed E-state index contributed by atoms with van der Waals surface area (Å²) in [5, 5.41) is 9.07. The van der Waals surface area contributed by atoms with Gasteiger partial charge in [0.15, 0.2) is 0 Å². The SMILES string of the molecule is CCCNC(=O)c1cccc(CNC(=O)C2CCCNC2)c1. The van der Waals surface area contributed by atoms with Crippen LogP contribution >= 0.6 is 0 Å². The molecule has 1 saturated heterocycles. The molecule has 1 aromatic carbocycles. The molecule has 0 spiro atoms. The maximum Gasteiger partial charge on any atom is 0.251 e. The highest BCUT2D eigenvalue weighted by molar-refractivity contribution is 5.94. The summed E-state index contributed by atoms with van der Waals surface area (Å²) >= 11 is 0. The average molecular weight is 303 g/mol. The fraction of sp³-hybridized carbons (Fsp3) is 0.529. The molecule has 120 valence electrons. The Morgan fingerprint density at radius 2 is 2.18 bits per heavy atom. The summed E-state index contributed by atoms with van der Waals surface area (Å²) in [6.45, 7) is 4.91. The molecule has 1 aliphatic rings. The van der Waals surface area contributed by atoms with E-state index in [4.69, 9.17) is 0 Å². The molecule has 1 heterocycles. The Labute approximate surface area is 131 Å². The fourth-order valence-corrected chi connectivity index (χ4v) is 2.57. The van der Waals surface area contributed by atoms with E-state index in [1.807, 2.05) is 25.1 Å². The molecular formula is C17H25N3O2. The van der Waals surface area contributed by atoms with Crippen molar-refractivity contribution in [3.63, 3.8) is 0 Å². The summed E-state index contributed by atoms with van der Waals surface area (Å²) in [6.07, 6.45) is 2.90. The van der Waals surface area contributed by atoms with Crippen LogP contribution in [0.4, 0.5) is 0 Å². The zero-order valence-corrected chi connectivity index (χ0v) is 13.2. The van der Waals surface area contributed by atoms with Crippen LogP contribution in [-0.4, -0.2) is 31.4 Å². The van der Waals surface area contributed by atoms with Gasteiger partial charge >= 0.3 is 0 Å². The van der Waals surface area contributed by atoms with Crippen LogP contribution in [0.25, 0.3) is 0 Å². The first-order valence-corrected chi connectivity index (χ1v) is 8.06. The second-order valence-corrected chi connectivity index (χ2v) is 5.72. The van der Waals surface area contributed by atoms with Crippen LogP contribution in [0.1, 0.15) is 42.1 Å². The molecule has 3 N–H and O–H groups in total. The number of benzene rings is 1. The Kier molecular flexibility index (Phi) is 6.40. The van der Waals surface area contributed by atoms with Gasteiger partial charge in [-0.05, 0) is 43.5 Å². The van der Waals surface area contributed by atoms with Gasteiger partial charge in [-0.15, -0.1) is 0 Å². The third-order valence-electron chi connectivity index (χ3n) is 3.86. The fourth-order valence-electron chi connectivity index (χ4n) is 2.57. The van der Waals surface area contributed by atoms with E-state index in [0.717, 1.165) is 37.9 Å². The summed E-state index contributed by atoms with van der Waals surface area (Å²) in [7, 11) is 0. The first-order valence-electron chi connectivity index (χ1n) is 8.06. The Balaban J connectivity index is 1.87. The van der Waals surface area contributed by atoms with E-state index in [0.29, 0.717) is 18.7 Å². The Hall–Kier alpha value is -1.88. The third kappa shape index (κ3) is 4.84. The lowest BCUT2D eigenvalue weighted by molar-refractivity contribution is -0.125. The smallest absolute Gasteiger partial charge is 0.251 e. The quantitative estimate of drug-likeness (QED) is 0.745. The molecule has 1 aromatic rings. The number of nitrogens with one attached hydrogen (secondary N) is 3. The number of piperidine rings is 1. The first-order chi connectivity index (χ1) is 10.7. The average Bonchev–Trinajstić information content (AvgIpc) is 2.58. The van der Waals surface area contributed by atoms with E-state index in [1.165, 1.54) is 0 Å². The van der Waals surface area contributed by atoms with E-state index in [9.17, 15) is 9.59 Å². The van der Waals surface area contributed by atoms with Crippen LogP contribution in [0.2, 0.25) is 0 Å². The van der Waals surface area contributed by atoms with Crippen molar-refractivity contribution in [1.29, 1.82) is 0 Å². The summed E-state index contributed by atoms with van der Waals surface area (Å²) in [5.41, 5.74) is 1.58. The largest absolute Gasteiger partial charge is 0.352 e. The van der Waals surface area contributed by atoms with E-state index in [2.05, 4.69) is 16.0 Å². The highest BCUT2D eigenvalue weighted by atomic mass is 16.2. The van der Waals surface area contributed by atoms with Crippen LogP contribution in [-0.2, 0) is 11.3 Å². The summed E-state index contributed by atoms with van der Waals surface area (Å²) in [5.74, 6) is 0.0873. The van der Waals surface area contributed by atoms with Gasteiger partial charge in [-0.25, -0.2) is 0 Å². The molecule has 2 amide bonds. The van der Waals surface area contributed by atoms with Gasteiger partial charge in [0, 0.05) is 25.2 Å². The van der Waals surface area contributed by atoms with Crippen molar-refractivity contribution in [2.75, 3.05) is 19.6 Å². The van der Waals surface area contributed by atoms with Crippen molar-refractivity contribution >= 4 is 11.8 Å². The third-order valence-corrected chi connectivity index (χ3v) is 3.86. The Morgan fingerprint density at radius 1 is 1.32 bits per heavy atom. The number of carbonyl (C=O) groups excluding carboxylic acids is 2. The van der Waals surface area contributed by atoms with Gasteiger partial charge in [-0.1, -0.05) is 19.1 Å². The molecule has 0 radical (unpaired) electrons. The lowest BCUT2D eigenvalue weighted by Gasteiger charge is -2.21. The Morgan fingerprint density at radius 3 is 2.91 bits per heavy atom. The van der Waals surface area contributed by atoms with Crippen molar-refractivity contribution in [2.45, 2.75) is 32.7 Å². The topological polar surface area (TPSA) is 70.2 Å². The molecule has 1 atom stereocenters. The van der Waals surface area contributed by atoms with Crippen LogP contribution < -0.4 is 16.0 Å².